The molecule has 0 bridgehead atoms. The topological polar surface area (TPSA) is 72.2 Å². The van der Waals surface area contributed by atoms with Crippen molar-refractivity contribution in [3.8, 4) is 0 Å². The highest BCUT2D eigenvalue weighted by Crippen LogP contribution is 2.34. The summed E-state index contributed by atoms with van der Waals surface area (Å²) in [6.07, 6.45) is 2.44. The van der Waals surface area contributed by atoms with E-state index in [0.717, 1.165) is 11.1 Å². The molecular weight excluding hydrogens is 256 g/mol. The molecule has 1 aromatic rings. The van der Waals surface area contributed by atoms with Gasteiger partial charge in [-0.15, -0.1) is 0 Å². The molecule has 1 aromatic carbocycles. The number of carbonyl (C=O) groups is 1. The largest absolute Gasteiger partial charge is 0.343 e. The minimum absolute atomic E-state index is 0.215. The van der Waals surface area contributed by atoms with Gasteiger partial charge in [-0.25, -0.2) is 0 Å². The fourth-order valence-electron chi connectivity index (χ4n) is 2.85. The summed E-state index contributed by atoms with van der Waals surface area (Å²) >= 11 is 0. The third kappa shape index (κ3) is 3.04. The number of benzene rings is 1. The number of nitrogens with zero attached hydrogens (tertiary/aromatic N) is 1. The molecular formula is C15H18N2O3. The number of amides is 1. The summed E-state index contributed by atoms with van der Waals surface area (Å²) in [5, 5.41) is 14.1. The van der Waals surface area contributed by atoms with Gasteiger partial charge in [0.2, 0.25) is 11.9 Å². The van der Waals surface area contributed by atoms with Gasteiger partial charge in [0.15, 0.2) is 0 Å². The van der Waals surface area contributed by atoms with Crippen molar-refractivity contribution in [1.29, 1.82) is 0 Å². The van der Waals surface area contributed by atoms with E-state index in [-0.39, 0.29) is 16.7 Å². The van der Waals surface area contributed by atoms with Gasteiger partial charge in [-0.05, 0) is 18.9 Å². The summed E-state index contributed by atoms with van der Waals surface area (Å²) in [5.74, 6) is -0.465. The van der Waals surface area contributed by atoms with Crippen molar-refractivity contribution in [1.82, 2.24) is 5.32 Å². The van der Waals surface area contributed by atoms with Crippen LogP contribution in [0.15, 0.2) is 42.0 Å². The highest BCUT2D eigenvalue weighted by atomic mass is 16.6. The zero-order valence-electron chi connectivity index (χ0n) is 11.6. The van der Waals surface area contributed by atoms with Gasteiger partial charge in [0.25, 0.3) is 0 Å². The van der Waals surface area contributed by atoms with Crippen LogP contribution in [0.3, 0.4) is 0 Å². The molecule has 0 fully saturated rings. The first-order valence-corrected chi connectivity index (χ1v) is 6.62. The van der Waals surface area contributed by atoms with Crippen LogP contribution in [0.5, 0.6) is 0 Å². The van der Waals surface area contributed by atoms with Crippen LogP contribution in [-0.2, 0) is 4.79 Å². The molecule has 5 nitrogen and oxygen atoms in total. The van der Waals surface area contributed by atoms with E-state index in [1.165, 1.54) is 6.92 Å². The van der Waals surface area contributed by atoms with E-state index in [9.17, 15) is 14.9 Å². The van der Waals surface area contributed by atoms with Gasteiger partial charge < -0.3 is 5.32 Å². The van der Waals surface area contributed by atoms with Gasteiger partial charge in [0.1, 0.15) is 6.04 Å². The van der Waals surface area contributed by atoms with Gasteiger partial charge in [0.05, 0.1) is 5.92 Å². The van der Waals surface area contributed by atoms with Crippen LogP contribution in [0.4, 0.5) is 0 Å². The minimum Gasteiger partial charge on any atom is -0.343 e. The van der Waals surface area contributed by atoms with Crippen LogP contribution >= 0.6 is 0 Å². The quantitative estimate of drug-likeness (QED) is 0.522. The van der Waals surface area contributed by atoms with Gasteiger partial charge in [-0.2, -0.15) is 0 Å². The summed E-state index contributed by atoms with van der Waals surface area (Å²) in [6.45, 7) is 3.33. The van der Waals surface area contributed by atoms with Crippen LogP contribution in [0, 0.1) is 10.1 Å². The molecule has 5 heteroatoms. The molecule has 0 radical (unpaired) electrons. The predicted molar refractivity (Wildman–Crippen MR) is 75.9 cm³/mol. The Balaban J connectivity index is 2.38. The molecule has 1 aliphatic rings. The molecule has 0 aliphatic heterocycles. The molecule has 3 atom stereocenters. The summed E-state index contributed by atoms with van der Waals surface area (Å²) in [6, 6.07) is 8.09. The fourth-order valence-corrected chi connectivity index (χ4v) is 2.85. The molecule has 0 saturated carbocycles. The van der Waals surface area contributed by atoms with E-state index in [4.69, 9.17) is 0 Å². The maximum Gasteiger partial charge on any atom is 0.243 e. The number of allylic oxidation sites excluding steroid dienone is 1. The smallest absolute Gasteiger partial charge is 0.243 e. The summed E-state index contributed by atoms with van der Waals surface area (Å²) in [4.78, 5) is 22.5. The van der Waals surface area contributed by atoms with Crippen molar-refractivity contribution in [2.75, 3.05) is 0 Å². The Kier molecular flexibility index (Phi) is 4.17. The van der Waals surface area contributed by atoms with E-state index in [0.29, 0.717) is 6.42 Å². The molecule has 0 aromatic heterocycles. The Bertz CT molecular complexity index is 539. The maximum atomic E-state index is 11.5. The van der Waals surface area contributed by atoms with Crippen LogP contribution in [0.2, 0.25) is 0 Å². The highest BCUT2D eigenvalue weighted by Gasteiger charge is 2.42. The van der Waals surface area contributed by atoms with Crippen molar-refractivity contribution in [3.63, 3.8) is 0 Å². The molecule has 0 unspecified atom stereocenters. The molecule has 2 rings (SSSR count). The second-order valence-corrected chi connectivity index (χ2v) is 5.24. The van der Waals surface area contributed by atoms with Crippen LogP contribution < -0.4 is 5.32 Å². The lowest BCUT2D eigenvalue weighted by Crippen LogP contribution is -2.50. The van der Waals surface area contributed by atoms with Crippen LogP contribution in [-0.4, -0.2) is 22.9 Å². The highest BCUT2D eigenvalue weighted by molar-refractivity contribution is 5.73. The van der Waals surface area contributed by atoms with Gasteiger partial charge in [-0.3, -0.25) is 14.9 Å². The summed E-state index contributed by atoms with van der Waals surface area (Å²) < 4.78 is 0. The Morgan fingerprint density at radius 1 is 1.35 bits per heavy atom. The lowest BCUT2D eigenvalue weighted by Gasteiger charge is -2.31. The number of carbonyl (C=O) groups excluding carboxylic acids is 1. The molecule has 106 valence electrons. The third-order valence-electron chi connectivity index (χ3n) is 3.63. The Morgan fingerprint density at radius 3 is 2.55 bits per heavy atom. The first-order valence-electron chi connectivity index (χ1n) is 6.62. The number of nitrogens with one attached hydrogen (secondary N) is 1. The van der Waals surface area contributed by atoms with Crippen molar-refractivity contribution >= 4 is 5.91 Å². The predicted octanol–water partition coefficient (Wildman–Crippen LogP) is 2.27. The first kappa shape index (κ1) is 14.2. The zero-order valence-corrected chi connectivity index (χ0v) is 11.6. The van der Waals surface area contributed by atoms with Crippen LogP contribution in [0.1, 0.15) is 31.7 Å². The third-order valence-corrected chi connectivity index (χ3v) is 3.63. The standard InChI is InChI=1S/C15H18N2O3/c1-10-8-13(12-6-4-3-5-7-12)15(17(19)20)14(9-10)16-11(2)18/h3-7,9,13-15H,8H2,1-2H3,(H,16,18)/t13-,14+,15-/m0/s1. The number of hydrogen-bond donors (Lipinski definition) is 1. The molecule has 1 amide bonds. The summed E-state index contributed by atoms with van der Waals surface area (Å²) in [7, 11) is 0. The Morgan fingerprint density at radius 2 is 2.00 bits per heavy atom. The van der Waals surface area contributed by atoms with E-state index in [1.807, 2.05) is 37.3 Å². The molecule has 1 N–H and O–H groups in total. The van der Waals surface area contributed by atoms with Crippen molar-refractivity contribution in [2.45, 2.75) is 38.3 Å². The first-order chi connectivity index (χ1) is 9.49. The molecule has 0 spiro atoms. The fraction of sp³-hybridized carbons (Fsp3) is 0.400. The van der Waals surface area contributed by atoms with Crippen molar-refractivity contribution in [2.24, 2.45) is 0 Å². The normalized spacial score (nSPS) is 25.7. The van der Waals surface area contributed by atoms with Crippen molar-refractivity contribution < 1.29 is 9.72 Å². The molecule has 0 saturated heterocycles. The number of nitro groups is 1. The summed E-state index contributed by atoms with van der Waals surface area (Å²) in [5.41, 5.74) is 2.01. The second-order valence-electron chi connectivity index (χ2n) is 5.24. The lowest BCUT2D eigenvalue weighted by molar-refractivity contribution is -0.529. The number of hydrogen-bond acceptors (Lipinski definition) is 3. The average Bonchev–Trinajstić information content (AvgIpc) is 2.37. The van der Waals surface area contributed by atoms with E-state index in [1.54, 1.807) is 6.08 Å². The zero-order chi connectivity index (χ0) is 14.7. The van der Waals surface area contributed by atoms with Gasteiger partial charge >= 0.3 is 0 Å². The minimum atomic E-state index is -0.829. The Labute approximate surface area is 117 Å². The van der Waals surface area contributed by atoms with E-state index in [2.05, 4.69) is 5.32 Å². The van der Waals surface area contributed by atoms with Gasteiger partial charge in [-0.1, -0.05) is 42.0 Å². The molecule has 1 aliphatic carbocycles. The Hall–Kier alpha value is -2.17. The molecule has 0 heterocycles. The van der Waals surface area contributed by atoms with E-state index < -0.39 is 12.1 Å². The van der Waals surface area contributed by atoms with Crippen LogP contribution in [0.25, 0.3) is 0 Å². The maximum absolute atomic E-state index is 11.5. The van der Waals surface area contributed by atoms with Crippen molar-refractivity contribution in [3.05, 3.63) is 57.7 Å². The lowest BCUT2D eigenvalue weighted by atomic mass is 9.78. The number of rotatable bonds is 3. The van der Waals surface area contributed by atoms with Gasteiger partial charge in [0, 0.05) is 11.8 Å². The van der Waals surface area contributed by atoms with E-state index >= 15 is 0 Å². The monoisotopic (exact) mass is 274 g/mol. The molecule has 20 heavy (non-hydrogen) atoms. The SMILES string of the molecule is CC(=O)N[C@@H]1C=C(C)C[C@@H](c2ccccc2)[C@@H]1[N+](=O)[O-]. The average molecular weight is 274 g/mol. The second kappa shape index (κ2) is 5.86.